The van der Waals surface area contributed by atoms with E-state index in [0.717, 1.165) is 21.3 Å². The number of hydrogen-bond donors (Lipinski definition) is 1. The van der Waals surface area contributed by atoms with Crippen molar-refractivity contribution < 1.29 is 13.2 Å². The summed E-state index contributed by atoms with van der Waals surface area (Å²) >= 11 is 3.48. The van der Waals surface area contributed by atoms with Gasteiger partial charge in [-0.05, 0) is 35.4 Å². The van der Waals surface area contributed by atoms with E-state index < -0.39 is 9.84 Å². The molecule has 0 radical (unpaired) electrons. The van der Waals surface area contributed by atoms with E-state index in [2.05, 4.69) is 15.9 Å². The molecule has 21 heavy (non-hydrogen) atoms. The first kappa shape index (κ1) is 16.0. The Hall–Kier alpha value is -1.37. The van der Waals surface area contributed by atoms with E-state index in [4.69, 9.17) is 10.5 Å². The normalized spacial score (nSPS) is 13.0. The first-order chi connectivity index (χ1) is 9.82. The lowest BCUT2D eigenvalue weighted by atomic mass is 10.00. The highest BCUT2D eigenvalue weighted by atomic mass is 79.9. The molecular weight excluding hydrogens is 354 g/mol. The van der Waals surface area contributed by atoms with E-state index in [1.54, 1.807) is 31.4 Å². The van der Waals surface area contributed by atoms with Crippen molar-refractivity contribution in [2.45, 2.75) is 10.9 Å². The summed E-state index contributed by atoms with van der Waals surface area (Å²) in [7, 11) is -1.59. The molecule has 0 heterocycles. The van der Waals surface area contributed by atoms with Crippen molar-refractivity contribution in [2.75, 3.05) is 13.4 Å². The monoisotopic (exact) mass is 369 g/mol. The highest BCUT2D eigenvalue weighted by Crippen LogP contribution is 2.30. The van der Waals surface area contributed by atoms with Crippen molar-refractivity contribution in [3.8, 4) is 5.75 Å². The van der Waals surface area contributed by atoms with Crippen molar-refractivity contribution in [2.24, 2.45) is 5.73 Å². The van der Waals surface area contributed by atoms with Crippen LogP contribution >= 0.6 is 15.9 Å². The van der Waals surface area contributed by atoms with E-state index in [-0.39, 0.29) is 10.9 Å². The second-order valence-corrected chi connectivity index (χ2v) is 7.58. The van der Waals surface area contributed by atoms with Crippen LogP contribution in [0.1, 0.15) is 17.2 Å². The molecule has 2 rings (SSSR count). The Morgan fingerprint density at radius 3 is 2.24 bits per heavy atom. The van der Waals surface area contributed by atoms with Crippen molar-refractivity contribution in [3.63, 3.8) is 0 Å². The van der Waals surface area contributed by atoms with Crippen molar-refractivity contribution in [1.82, 2.24) is 0 Å². The maximum atomic E-state index is 11.5. The van der Waals surface area contributed by atoms with Gasteiger partial charge in [0.1, 0.15) is 5.75 Å². The first-order valence-corrected chi connectivity index (χ1v) is 8.90. The van der Waals surface area contributed by atoms with Crippen molar-refractivity contribution in [3.05, 3.63) is 58.1 Å². The van der Waals surface area contributed by atoms with Gasteiger partial charge in [-0.3, -0.25) is 0 Å². The summed E-state index contributed by atoms with van der Waals surface area (Å²) in [6.07, 6.45) is 1.18. The molecule has 0 aliphatic heterocycles. The fraction of sp³-hybridized carbons (Fsp3) is 0.200. The smallest absolute Gasteiger partial charge is 0.175 e. The van der Waals surface area contributed by atoms with E-state index in [0.29, 0.717) is 0 Å². The van der Waals surface area contributed by atoms with Gasteiger partial charge in [-0.2, -0.15) is 0 Å². The number of ether oxygens (including phenoxy) is 1. The minimum atomic E-state index is -3.19. The fourth-order valence-electron chi connectivity index (χ4n) is 1.99. The van der Waals surface area contributed by atoms with Crippen LogP contribution in [-0.2, 0) is 9.84 Å². The molecule has 1 unspecified atom stereocenters. The molecule has 0 aliphatic carbocycles. The molecule has 0 saturated carbocycles. The minimum absolute atomic E-state index is 0.284. The van der Waals surface area contributed by atoms with E-state index in [1.807, 2.05) is 18.2 Å². The van der Waals surface area contributed by atoms with E-state index in [9.17, 15) is 8.42 Å². The Balaban J connectivity index is 2.34. The molecule has 0 fully saturated rings. The number of rotatable bonds is 4. The Bertz CT molecular complexity index is 742. The Morgan fingerprint density at radius 1 is 1.14 bits per heavy atom. The number of sulfone groups is 1. The largest absolute Gasteiger partial charge is 0.497 e. The van der Waals surface area contributed by atoms with Crippen molar-refractivity contribution in [1.29, 1.82) is 0 Å². The summed E-state index contributed by atoms with van der Waals surface area (Å²) in [4.78, 5) is 0.284. The van der Waals surface area contributed by atoms with Gasteiger partial charge in [-0.25, -0.2) is 8.42 Å². The molecule has 2 aromatic rings. The lowest BCUT2D eigenvalue weighted by Gasteiger charge is -2.15. The summed E-state index contributed by atoms with van der Waals surface area (Å²) in [5, 5.41) is 0. The second-order valence-electron chi connectivity index (χ2n) is 4.71. The van der Waals surface area contributed by atoms with Crippen molar-refractivity contribution >= 4 is 25.8 Å². The van der Waals surface area contributed by atoms with Gasteiger partial charge in [-0.15, -0.1) is 0 Å². The number of halogens is 1. The molecule has 2 aromatic carbocycles. The quantitative estimate of drug-likeness (QED) is 0.899. The fourth-order valence-corrected chi connectivity index (χ4v) is 3.22. The number of benzene rings is 2. The zero-order valence-corrected chi connectivity index (χ0v) is 14.1. The Labute approximate surface area is 133 Å². The molecular formula is C15H16BrNO3S. The lowest BCUT2D eigenvalue weighted by molar-refractivity contribution is 0.414. The van der Waals surface area contributed by atoms with Gasteiger partial charge in [0.05, 0.1) is 18.0 Å². The van der Waals surface area contributed by atoms with Crippen LogP contribution in [0.25, 0.3) is 0 Å². The number of hydrogen-bond acceptors (Lipinski definition) is 4. The molecule has 112 valence electrons. The van der Waals surface area contributed by atoms with Gasteiger partial charge in [0.2, 0.25) is 0 Å². The average Bonchev–Trinajstić information content (AvgIpc) is 2.45. The molecule has 0 bridgehead atoms. The van der Waals surface area contributed by atoms with Gasteiger partial charge in [0.15, 0.2) is 9.84 Å². The van der Waals surface area contributed by atoms with Crippen LogP contribution in [0.15, 0.2) is 51.8 Å². The average molecular weight is 370 g/mol. The molecule has 0 aromatic heterocycles. The van der Waals surface area contributed by atoms with Gasteiger partial charge < -0.3 is 10.5 Å². The molecule has 4 nitrogen and oxygen atoms in total. The van der Waals surface area contributed by atoms with Crippen LogP contribution in [0.5, 0.6) is 5.75 Å². The highest BCUT2D eigenvalue weighted by molar-refractivity contribution is 9.10. The van der Waals surface area contributed by atoms with Crippen LogP contribution in [0.4, 0.5) is 0 Å². The summed E-state index contributed by atoms with van der Waals surface area (Å²) in [6, 6.07) is 11.8. The summed E-state index contributed by atoms with van der Waals surface area (Å²) < 4.78 is 28.9. The maximum Gasteiger partial charge on any atom is 0.175 e. The van der Waals surface area contributed by atoms with E-state index >= 15 is 0 Å². The van der Waals surface area contributed by atoms with Gasteiger partial charge in [0, 0.05) is 10.7 Å². The summed E-state index contributed by atoms with van der Waals surface area (Å²) in [5.41, 5.74) is 7.99. The highest BCUT2D eigenvalue weighted by Gasteiger charge is 2.14. The first-order valence-electron chi connectivity index (χ1n) is 6.22. The predicted molar refractivity (Wildman–Crippen MR) is 86.3 cm³/mol. The molecule has 0 saturated heterocycles. The zero-order valence-electron chi connectivity index (χ0n) is 11.7. The molecule has 0 amide bonds. The van der Waals surface area contributed by atoms with Gasteiger partial charge in [0.25, 0.3) is 0 Å². The third-order valence-electron chi connectivity index (χ3n) is 3.21. The molecule has 0 spiro atoms. The van der Waals surface area contributed by atoms with Crippen LogP contribution < -0.4 is 10.5 Å². The predicted octanol–water partition coefficient (Wildman–Crippen LogP) is 2.91. The van der Waals surface area contributed by atoms with Gasteiger partial charge >= 0.3 is 0 Å². The van der Waals surface area contributed by atoms with Crippen LogP contribution in [0.2, 0.25) is 0 Å². The molecule has 2 N–H and O–H groups in total. The number of nitrogens with two attached hydrogens (primary N) is 1. The van der Waals surface area contributed by atoms with Crippen LogP contribution in [-0.4, -0.2) is 21.8 Å². The Morgan fingerprint density at radius 2 is 1.76 bits per heavy atom. The molecule has 0 aliphatic rings. The lowest BCUT2D eigenvalue weighted by Crippen LogP contribution is -2.12. The minimum Gasteiger partial charge on any atom is -0.497 e. The standard InChI is InChI=1S/C15H16BrNO3S/c1-20-11-5-8-13(14(16)9-11)15(17)10-3-6-12(7-4-10)21(2,18)19/h3-9,15H,17H2,1-2H3. The maximum absolute atomic E-state index is 11.5. The SMILES string of the molecule is COc1ccc(C(N)c2ccc(S(C)(=O)=O)cc2)c(Br)c1. The summed E-state index contributed by atoms with van der Waals surface area (Å²) in [6.45, 7) is 0. The topological polar surface area (TPSA) is 69.4 Å². The van der Waals surface area contributed by atoms with Crippen LogP contribution in [0, 0.1) is 0 Å². The third-order valence-corrected chi connectivity index (χ3v) is 5.03. The zero-order chi connectivity index (χ0) is 15.6. The summed E-state index contributed by atoms with van der Waals surface area (Å²) in [5.74, 6) is 0.741. The molecule has 1 atom stereocenters. The number of methoxy groups -OCH3 is 1. The van der Waals surface area contributed by atoms with Crippen LogP contribution in [0.3, 0.4) is 0 Å². The van der Waals surface area contributed by atoms with E-state index in [1.165, 1.54) is 6.26 Å². The Kier molecular flexibility index (Phi) is 4.70. The second kappa shape index (κ2) is 6.17. The van der Waals surface area contributed by atoms with Gasteiger partial charge in [-0.1, -0.05) is 34.1 Å². The third kappa shape index (κ3) is 3.64. The molecule has 6 heteroatoms.